The van der Waals surface area contributed by atoms with Gasteiger partial charge in [-0.15, -0.1) is 0 Å². The molecule has 0 aromatic rings. The summed E-state index contributed by atoms with van der Waals surface area (Å²) in [4.78, 5) is 12.9. The molecule has 2 aliphatic heterocycles. The van der Waals surface area contributed by atoms with Gasteiger partial charge in [0.2, 0.25) is 0 Å². The van der Waals surface area contributed by atoms with E-state index in [0.29, 0.717) is 19.4 Å². The largest absolute Gasteiger partial charge is 0.457 e. The zero-order chi connectivity index (χ0) is 45.9. The van der Waals surface area contributed by atoms with Gasteiger partial charge in [0.15, 0.2) is 12.6 Å². The lowest BCUT2D eigenvalue weighted by Crippen LogP contribution is -2.61. The van der Waals surface area contributed by atoms with E-state index >= 15 is 0 Å². The molecule has 14 heteroatoms. The Kier molecular flexibility index (Phi) is 32.9. The van der Waals surface area contributed by atoms with Gasteiger partial charge in [-0.25, -0.2) is 0 Å². The lowest BCUT2D eigenvalue weighted by Gasteiger charge is -2.42. The van der Waals surface area contributed by atoms with Crippen LogP contribution in [0.3, 0.4) is 0 Å². The van der Waals surface area contributed by atoms with E-state index in [1.807, 2.05) is 6.08 Å². The number of aliphatic hydroxyl groups excluding tert-OH is 7. The van der Waals surface area contributed by atoms with E-state index in [2.05, 4.69) is 80.7 Å². The van der Waals surface area contributed by atoms with Crippen molar-refractivity contribution < 1.29 is 69.0 Å². The second kappa shape index (κ2) is 36.6. The van der Waals surface area contributed by atoms with E-state index in [1.54, 1.807) is 0 Å². The predicted molar refractivity (Wildman–Crippen MR) is 242 cm³/mol. The molecule has 0 radical (unpaired) electrons. The standard InChI is InChI=1S/C49H82O14/c1-3-5-7-9-11-13-15-17-18-19-20-21-22-24-26-28-30-32-41(51)61-38(35-58-33-31-29-27-25-23-16-14-12-10-8-6-4-2)36-59-48-47(57)45(55)43(53)40(63-48)37-60-49-46(56)44(54)42(52)39(34-50)62-49/h5,7,10-13,17-18,20-21,24,26,38-40,42-50,52-57H,3-4,6,8-9,14-16,19,22-23,25,27-37H2,1-2H3/b7-5-,12-10-,13-11-,18-17-,21-20-,26-24-. The van der Waals surface area contributed by atoms with Crippen LogP contribution in [0.25, 0.3) is 0 Å². The summed E-state index contributed by atoms with van der Waals surface area (Å²) in [6, 6.07) is 0. The minimum atomic E-state index is -1.72. The van der Waals surface area contributed by atoms with Gasteiger partial charge in [0.25, 0.3) is 0 Å². The fourth-order valence-corrected chi connectivity index (χ4v) is 6.83. The first-order chi connectivity index (χ1) is 30.6. The van der Waals surface area contributed by atoms with Crippen molar-refractivity contribution in [3.05, 3.63) is 72.9 Å². The van der Waals surface area contributed by atoms with Crippen LogP contribution in [0.5, 0.6) is 0 Å². The van der Waals surface area contributed by atoms with Gasteiger partial charge in [0.1, 0.15) is 54.9 Å². The molecule has 0 aliphatic carbocycles. The molecular weight excluding hydrogens is 813 g/mol. The molecular formula is C49H82O14. The van der Waals surface area contributed by atoms with Crippen LogP contribution < -0.4 is 0 Å². The summed E-state index contributed by atoms with van der Waals surface area (Å²) < 4.78 is 34.1. The number of rotatable bonds is 35. The number of allylic oxidation sites excluding steroid dienone is 12. The van der Waals surface area contributed by atoms with Crippen molar-refractivity contribution in [1.29, 1.82) is 0 Å². The summed E-state index contributed by atoms with van der Waals surface area (Å²) in [5.41, 5.74) is 0. The van der Waals surface area contributed by atoms with Crippen LogP contribution in [0.2, 0.25) is 0 Å². The first kappa shape index (κ1) is 56.6. The lowest BCUT2D eigenvalue weighted by atomic mass is 9.98. The zero-order valence-electron chi connectivity index (χ0n) is 38.0. The Morgan fingerprint density at radius 2 is 1.03 bits per heavy atom. The van der Waals surface area contributed by atoms with E-state index in [1.165, 1.54) is 25.7 Å². The highest BCUT2D eigenvalue weighted by molar-refractivity contribution is 5.69. The zero-order valence-corrected chi connectivity index (χ0v) is 38.0. The van der Waals surface area contributed by atoms with Crippen molar-refractivity contribution in [3.63, 3.8) is 0 Å². The SMILES string of the molecule is CC/C=C\C/C=C\C/C=C\C/C=C\C/C=C\CCCC(=O)OC(COCCCCCCCC/C=C\CCCC)COC1OC(COC2OC(CO)C(O)C(O)C2O)C(O)C(O)C1O. The van der Waals surface area contributed by atoms with E-state index in [4.69, 9.17) is 28.4 Å². The van der Waals surface area contributed by atoms with Crippen molar-refractivity contribution in [1.82, 2.24) is 0 Å². The van der Waals surface area contributed by atoms with Gasteiger partial charge in [-0.1, -0.05) is 125 Å². The van der Waals surface area contributed by atoms with E-state index in [0.717, 1.165) is 70.6 Å². The summed E-state index contributed by atoms with van der Waals surface area (Å²) in [7, 11) is 0. The molecule has 0 bridgehead atoms. The van der Waals surface area contributed by atoms with Gasteiger partial charge in [-0.05, 0) is 70.6 Å². The molecule has 63 heavy (non-hydrogen) atoms. The summed E-state index contributed by atoms with van der Waals surface area (Å²) in [5, 5.41) is 71.9. The molecule has 11 unspecified atom stereocenters. The normalized spacial score (nSPS) is 27.6. The van der Waals surface area contributed by atoms with Crippen LogP contribution in [0, 0.1) is 0 Å². The maximum absolute atomic E-state index is 12.9. The third-order valence-corrected chi connectivity index (χ3v) is 10.7. The maximum atomic E-state index is 12.9. The number of ether oxygens (including phenoxy) is 6. The van der Waals surface area contributed by atoms with E-state index < -0.39 is 86.7 Å². The van der Waals surface area contributed by atoms with Crippen LogP contribution in [-0.4, -0.2) is 142 Å². The van der Waals surface area contributed by atoms with Crippen molar-refractivity contribution in [2.75, 3.05) is 33.0 Å². The first-order valence-corrected chi connectivity index (χ1v) is 23.5. The average Bonchev–Trinajstić information content (AvgIpc) is 3.28. The number of aliphatic hydroxyl groups is 7. The lowest BCUT2D eigenvalue weighted by molar-refractivity contribution is -0.332. The van der Waals surface area contributed by atoms with Crippen LogP contribution in [0.1, 0.15) is 129 Å². The molecule has 2 fully saturated rings. The Morgan fingerprint density at radius 1 is 0.540 bits per heavy atom. The molecule has 14 nitrogen and oxygen atoms in total. The van der Waals surface area contributed by atoms with Crippen molar-refractivity contribution in [2.24, 2.45) is 0 Å². The summed E-state index contributed by atoms with van der Waals surface area (Å²) in [6.45, 7) is 3.41. The Hall–Kier alpha value is -2.57. The molecule has 11 atom stereocenters. The van der Waals surface area contributed by atoms with Crippen molar-refractivity contribution >= 4 is 5.97 Å². The number of hydrogen-bond acceptors (Lipinski definition) is 14. The monoisotopic (exact) mass is 895 g/mol. The number of carbonyl (C=O) groups excluding carboxylic acids is 1. The van der Waals surface area contributed by atoms with Crippen molar-refractivity contribution in [3.8, 4) is 0 Å². The predicted octanol–water partition coefficient (Wildman–Crippen LogP) is 5.95. The molecule has 2 saturated heterocycles. The second-order valence-electron chi connectivity index (χ2n) is 16.2. The molecule has 7 N–H and O–H groups in total. The number of carbonyl (C=O) groups is 1. The Labute approximate surface area is 377 Å². The van der Waals surface area contributed by atoms with Crippen molar-refractivity contribution in [2.45, 2.75) is 197 Å². The van der Waals surface area contributed by atoms with Gasteiger partial charge in [-0.3, -0.25) is 4.79 Å². The van der Waals surface area contributed by atoms with Gasteiger partial charge < -0.3 is 64.2 Å². The molecule has 2 rings (SSSR count). The first-order valence-electron chi connectivity index (χ1n) is 23.5. The second-order valence-corrected chi connectivity index (χ2v) is 16.2. The van der Waals surface area contributed by atoms with Crippen LogP contribution >= 0.6 is 0 Å². The Morgan fingerprint density at radius 3 is 1.63 bits per heavy atom. The molecule has 0 amide bonds. The summed E-state index contributed by atoms with van der Waals surface area (Å²) in [6.07, 6.45) is 26.9. The minimum Gasteiger partial charge on any atom is -0.457 e. The van der Waals surface area contributed by atoms with E-state index in [-0.39, 0.29) is 19.6 Å². The van der Waals surface area contributed by atoms with Gasteiger partial charge >= 0.3 is 5.97 Å². The third-order valence-electron chi connectivity index (χ3n) is 10.7. The third kappa shape index (κ3) is 25.1. The molecule has 2 heterocycles. The van der Waals surface area contributed by atoms with Crippen LogP contribution in [-0.2, 0) is 33.2 Å². The minimum absolute atomic E-state index is 0.0303. The van der Waals surface area contributed by atoms with Gasteiger partial charge in [-0.2, -0.15) is 0 Å². The maximum Gasteiger partial charge on any atom is 0.306 e. The fourth-order valence-electron chi connectivity index (χ4n) is 6.83. The molecule has 0 aromatic heterocycles. The molecule has 0 aromatic carbocycles. The average molecular weight is 895 g/mol. The molecule has 0 saturated carbocycles. The number of unbranched alkanes of at least 4 members (excludes halogenated alkanes) is 9. The van der Waals surface area contributed by atoms with Gasteiger partial charge in [0, 0.05) is 13.0 Å². The van der Waals surface area contributed by atoms with Gasteiger partial charge in [0.05, 0.1) is 26.4 Å². The van der Waals surface area contributed by atoms with Crippen LogP contribution in [0.4, 0.5) is 0 Å². The Balaban J connectivity index is 1.84. The quantitative estimate of drug-likeness (QED) is 0.0223. The topological polar surface area (TPSA) is 214 Å². The molecule has 362 valence electrons. The highest BCUT2D eigenvalue weighted by Crippen LogP contribution is 2.26. The smallest absolute Gasteiger partial charge is 0.306 e. The summed E-state index contributed by atoms with van der Waals surface area (Å²) in [5.74, 6) is -0.439. The highest BCUT2D eigenvalue weighted by Gasteiger charge is 2.47. The molecule has 2 aliphatic rings. The van der Waals surface area contributed by atoms with E-state index in [9.17, 15) is 40.5 Å². The highest BCUT2D eigenvalue weighted by atomic mass is 16.7. The Bertz CT molecular complexity index is 1310. The fraction of sp³-hybridized carbons (Fsp3) is 0.735. The molecule has 0 spiro atoms. The van der Waals surface area contributed by atoms with Crippen LogP contribution in [0.15, 0.2) is 72.9 Å². The summed E-state index contributed by atoms with van der Waals surface area (Å²) >= 11 is 0. The number of hydrogen-bond donors (Lipinski definition) is 7. The number of esters is 1.